The predicted molar refractivity (Wildman–Crippen MR) is 198 cm³/mol. The van der Waals surface area contributed by atoms with Crippen LogP contribution in [0.4, 0.5) is 24.5 Å². The van der Waals surface area contributed by atoms with Gasteiger partial charge in [-0.25, -0.2) is 4.79 Å². The fraction of sp³-hybridized carbons (Fsp3) is 0.425. The standard InChI is InChI=1S/C40H45F3N4O4S/c1-29(51-36-13-11-30-7-2-3-8-32(30)33(36)28-46-21-24-49-25-22-46)39(48)50-26-23-45-19-17-44(18-20-45)15-6-16-47-34-9-4-5-10-37(34)52-38-14-12-31(27-35(38)47)40(41,42)43/h2-5,7-14,27,29H,6,15-26,28H2,1H3. The summed E-state index contributed by atoms with van der Waals surface area (Å²) >= 11 is 1.52. The number of carbonyl (C=O) groups excluding carboxylic acids is 1. The molecule has 3 aliphatic heterocycles. The van der Waals surface area contributed by atoms with E-state index in [1.807, 2.05) is 53.4 Å². The Bertz CT molecular complexity index is 1850. The smallest absolute Gasteiger partial charge is 0.416 e. The van der Waals surface area contributed by atoms with Gasteiger partial charge in [0.1, 0.15) is 12.4 Å². The maximum absolute atomic E-state index is 13.6. The number of alkyl halides is 3. The van der Waals surface area contributed by atoms with Crippen LogP contribution < -0.4 is 9.64 Å². The van der Waals surface area contributed by atoms with Crippen LogP contribution in [0, 0.1) is 0 Å². The summed E-state index contributed by atoms with van der Waals surface area (Å²) in [7, 11) is 0. The lowest BCUT2D eigenvalue weighted by molar-refractivity contribution is -0.151. The zero-order valence-corrected chi connectivity index (χ0v) is 30.3. The van der Waals surface area contributed by atoms with Crippen molar-refractivity contribution in [3.8, 4) is 5.75 Å². The van der Waals surface area contributed by atoms with Crippen LogP contribution >= 0.6 is 11.8 Å². The number of hydrogen-bond acceptors (Lipinski definition) is 9. The summed E-state index contributed by atoms with van der Waals surface area (Å²) in [5, 5.41) is 2.25. The molecule has 8 nitrogen and oxygen atoms in total. The number of ether oxygens (including phenoxy) is 3. The predicted octanol–water partition coefficient (Wildman–Crippen LogP) is 7.31. The molecular weight excluding hydrogens is 690 g/mol. The Morgan fingerprint density at radius 2 is 1.52 bits per heavy atom. The molecule has 0 amide bonds. The van der Waals surface area contributed by atoms with Crippen molar-refractivity contribution in [1.29, 1.82) is 0 Å². The van der Waals surface area contributed by atoms with Crippen molar-refractivity contribution < 1.29 is 32.2 Å². The molecule has 0 spiro atoms. The Labute approximate surface area is 307 Å². The third kappa shape index (κ3) is 8.69. The number of hydrogen-bond donors (Lipinski definition) is 0. The molecule has 1 unspecified atom stereocenters. The highest BCUT2D eigenvalue weighted by atomic mass is 32.2. The van der Waals surface area contributed by atoms with Crippen molar-refractivity contribution in [3.05, 3.63) is 90.0 Å². The molecule has 7 rings (SSSR count). The van der Waals surface area contributed by atoms with Gasteiger partial charge in [-0.05, 0) is 67.1 Å². The van der Waals surface area contributed by atoms with E-state index in [0.29, 0.717) is 37.7 Å². The van der Waals surface area contributed by atoms with Gasteiger partial charge in [0.05, 0.1) is 30.2 Å². The van der Waals surface area contributed by atoms with Gasteiger partial charge < -0.3 is 24.0 Å². The molecule has 0 aliphatic carbocycles. The number of benzene rings is 4. The zero-order chi connectivity index (χ0) is 36.1. The van der Waals surface area contributed by atoms with Gasteiger partial charge in [-0.3, -0.25) is 9.80 Å². The van der Waals surface area contributed by atoms with E-state index in [2.05, 4.69) is 26.8 Å². The summed E-state index contributed by atoms with van der Waals surface area (Å²) in [5.41, 5.74) is 2.00. The number of anilines is 2. The van der Waals surface area contributed by atoms with Crippen molar-refractivity contribution in [2.24, 2.45) is 0 Å². The lowest BCUT2D eigenvalue weighted by atomic mass is 10.0. The Morgan fingerprint density at radius 3 is 2.31 bits per heavy atom. The maximum atomic E-state index is 13.6. The Balaban J connectivity index is 0.867. The zero-order valence-electron chi connectivity index (χ0n) is 29.4. The molecular formula is C40H45F3N4O4S. The van der Waals surface area contributed by atoms with Crippen LogP contribution in [-0.4, -0.2) is 105 Å². The molecule has 0 saturated carbocycles. The normalized spacial score (nSPS) is 17.8. The Kier molecular flexibility index (Phi) is 11.6. The highest BCUT2D eigenvalue weighted by Gasteiger charge is 2.33. The number of morpholine rings is 1. The second-order valence-corrected chi connectivity index (χ2v) is 14.6. The molecule has 12 heteroatoms. The van der Waals surface area contributed by atoms with Crippen molar-refractivity contribution in [2.75, 3.05) is 83.6 Å². The average Bonchev–Trinajstić information content (AvgIpc) is 3.16. The van der Waals surface area contributed by atoms with E-state index in [0.717, 1.165) is 90.6 Å². The second kappa shape index (κ2) is 16.5. The molecule has 2 saturated heterocycles. The van der Waals surface area contributed by atoms with Gasteiger partial charge in [-0.15, -0.1) is 0 Å². The van der Waals surface area contributed by atoms with Crippen LogP contribution in [0.15, 0.2) is 88.7 Å². The fourth-order valence-electron chi connectivity index (χ4n) is 7.14. The SMILES string of the molecule is CC(Oc1ccc2ccccc2c1CN1CCOCC1)C(=O)OCCN1CCN(CCCN2c3ccccc3Sc3ccc(C(F)(F)F)cc32)CC1. The molecule has 52 heavy (non-hydrogen) atoms. The van der Waals surface area contributed by atoms with Crippen molar-refractivity contribution >= 4 is 39.9 Å². The van der Waals surface area contributed by atoms with E-state index >= 15 is 0 Å². The van der Waals surface area contributed by atoms with Crippen LogP contribution in [0.25, 0.3) is 10.8 Å². The van der Waals surface area contributed by atoms with Crippen LogP contribution in [0.2, 0.25) is 0 Å². The molecule has 3 heterocycles. The Morgan fingerprint density at radius 1 is 0.808 bits per heavy atom. The highest BCUT2D eigenvalue weighted by molar-refractivity contribution is 7.99. The Hall–Kier alpha value is -3.81. The topological polar surface area (TPSA) is 57.7 Å². The first-order valence-electron chi connectivity index (χ1n) is 18.1. The molecule has 0 aromatic heterocycles. The number of piperazine rings is 1. The quantitative estimate of drug-likeness (QED) is 0.140. The van der Waals surface area contributed by atoms with Crippen LogP contribution in [0.1, 0.15) is 24.5 Å². The largest absolute Gasteiger partial charge is 0.479 e. The monoisotopic (exact) mass is 734 g/mol. The average molecular weight is 735 g/mol. The summed E-state index contributed by atoms with van der Waals surface area (Å²) in [4.78, 5) is 24.0. The minimum absolute atomic E-state index is 0.288. The first-order valence-corrected chi connectivity index (χ1v) is 18.9. The number of fused-ring (bicyclic) bond motifs is 3. The van der Waals surface area contributed by atoms with E-state index in [1.54, 1.807) is 13.0 Å². The minimum Gasteiger partial charge on any atom is -0.479 e. The van der Waals surface area contributed by atoms with E-state index < -0.39 is 17.8 Å². The van der Waals surface area contributed by atoms with Crippen LogP contribution in [0.3, 0.4) is 0 Å². The van der Waals surface area contributed by atoms with Crippen molar-refractivity contribution in [3.63, 3.8) is 0 Å². The van der Waals surface area contributed by atoms with E-state index in [1.165, 1.54) is 23.9 Å². The van der Waals surface area contributed by atoms with Gasteiger partial charge in [0.25, 0.3) is 0 Å². The summed E-state index contributed by atoms with van der Waals surface area (Å²) in [5.74, 6) is 0.315. The summed E-state index contributed by atoms with van der Waals surface area (Å²) in [6.45, 7) is 11.4. The number of carbonyl (C=O) groups is 1. The molecule has 4 aromatic carbocycles. The van der Waals surface area contributed by atoms with Gasteiger partial charge >= 0.3 is 12.1 Å². The molecule has 1 atom stereocenters. The molecule has 0 bridgehead atoms. The molecule has 3 aliphatic rings. The van der Waals surface area contributed by atoms with Crippen molar-refractivity contribution in [1.82, 2.24) is 14.7 Å². The van der Waals surface area contributed by atoms with E-state index in [-0.39, 0.29) is 12.6 Å². The molecule has 0 radical (unpaired) electrons. The third-order valence-corrected chi connectivity index (χ3v) is 11.2. The number of rotatable bonds is 12. The number of para-hydroxylation sites is 1. The highest BCUT2D eigenvalue weighted by Crippen LogP contribution is 2.49. The van der Waals surface area contributed by atoms with Crippen LogP contribution in [0.5, 0.6) is 5.75 Å². The molecule has 0 N–H and O–H groups in total. The molecule has 2 fully saturated rings. The van der Waals surface area contributed by atoms with E-state index in [9.17, 15) is 18.0 Å². The fourth-order valence-corrected chi connectivity index (χ4v) is 8.22. The summed E-state index contributed by atoms with van der Waals surface area (Å²) in [6.07, 6.45) is -4.33. The molecule has 276 valence electrons. The number of esters is 1. The summed E-state index contributed by atoms with van der Waals surface area (Å²) in [6, 6.07) is 24.2. The van der Waals surface area contributed by atoms with Crippen LogP contribution in [-0.2, 0) is 27.0 Å². The van der Waals surface area contributed by atoms with Gasteiger partial charge in [0.2, 0.25) is 0 Å². The van der Waals surface area contributed by atoms with E-state index in [4.69, 9.17) is 14.2 Å². The maximum Gasteiger partial charge on any atom is 0.416 e. The van der Waals surface area contributed by atoms with Gasteiger partial charge in [-0.2, -0.15) is 13.2 Å². The lowest BCUT2D eigenvalue weighted by Gasteiger charge is -2.36. The first kappa shape index (κ1) is 36.5. The third-order valence-electron chi connectivity index (χ3n) is 10.0. The number of nitrogens with zero attached hydrogens (tertiary/aromatic N) is 4. The lowest BCUT2D eigenvalue weighted by Crippen LogP contribution is -2.48. The van der Waals surface area contributed by atoms with Gasteiger partial charge in [0.15, 0.2) is 6.10 Å². The minimum atomic E-state index is -4.39. The van der Waals surface area contributed by atoms with Crippen molar-refractivity contribution in [2.45, 2.75) is 42.0 Å². The van der Waals surface area contributed by atoms with Gasteiger partial charge in [-0.1, -0.05) is 54.2 Å². The first-order chi connectivity index (χ1) is 25.2. The number of halogens is 3. The molecule has 4 aromatic rings. The second-order valence-electron chi connectivity index (χ2n) is 13.5. The van der Waals surface area contributed by atoms with Gasteiger partial charge in [0, 0.05) is 74.3 Å². The summed E-state index contributed by atoms with van der Waals surface area (Å²) < 4.78 is 58.2.